The monoisotopic (exact) mass is 432 g/mol. The zero-order valence-electron chi connectivity index (χ0n) is 16.9. The molecule has 3 rings (SSSR count). The molecule has 0 spiro atoms. The number of hydrogen-bond donors (Lipinski definition) is 1. The first-order valence-corrected chi connectivity index (χ1v) is 11.3. The first-order chi connectivity index (χ1) is 13.8. The van der Waals surface area contributed by atoms with E-state index in [0.717, 1.165) is 22.3 Å². The van der Waals surface area contributed by atoms with Crippen LogP contribution in [0.15, 0.2) is 38.2 Å². The molecule has 3 aromatic rings. The molecule has 2 heterocycles. The summed E-state index contributed by atoms with van der Waals surface area (Å²) in [7, 11) is 0. The van der Waals surface area contributed by atoms with Gasteiger partial charge in [0.2, 0.25) is 5.91 Å². The van der Waals surface area contributed by atoms with Crippen molar-refractivity contribution in [3.63, 3.8) is 0 Å². The van der Waals surface area contributed by atoms with Crippen LogP contribution < -0.4 is 16.6 Å². The van der Waals surface area contributed by atoms with Crippen LogP contribution in [0.2, 0.25) is 0 Å². The van der Waals surface area contributed by atoms with E-state index >= 15 is 0 Å². The Labute approximate surface area is 176 Å². The summed E-state index contributed by atoms with van der Waals surface area (Å²) in [5.74, 6) is 0.514. The minimum atomic E-state index is -0.566. The molecule has 0 radical (unpaired) electrons. The molecule has 1 atom stereocenters. The van der Waals surface area contributed by atoms with Crippen LogP contribution in [0.4, 0.5) is 0 Å². The Morgan fingerprint density at radius 2 is 1.93 bits per heavy atom. The second-order valence-corrected chi connectivity index (χ2v) is 9.30. The number of carbonyl (C=O) groups excluding carboxylic acids is 1. The van der Waals surface area contributed by atoms with Crippen molar-refractivity contribution in [1.29, 1.82) is 0 Å². The Hall–Kier alpha value is -2.39. The van der Waals surface area contributed by atoms with Gasteiger partial charge in [-0.15, -0.1) is 11.3 Å². The smallest absolute Gasteiger partial charge is 0.337 e. The maximum atomic E-state index is 13.3. The van der Waals surface area contributed by atoms with E-state index in [1.165, 1.54) is 27.7 Å². The molecule has 0 aliphatic heterocycles. The molecule has 0 bridgehead atoms. The van der Waals surface area contributed by atoms with Gasteiger partial charge in [0.25, 0.3) is 5.56 Å². The predicted octanol–water partition coefficient (Wildman–Crippen LogP) is 2.94. The Kier molecular flexibility index (Phi) is 6.59. The maximum Gasteiger partial charge on any atom is 0.337 e. The normalized spacial score (nSPS) is 12.3. The van der Waals surface area contributed by atoms with E-state index in [0.29, 0.717) is 14.7 Å². The van der Waals surface area contributed by atoms with E-state index in [1.54, 1.807) is 12.1 Å². The number of benzene rings is 1. The van der Waals surface area contributed by atoms with Crippen LogP contribution in [0.1, 0.15) is 32.8 Å². The SMILES string of the molecule is CCSc1nc2c(s1)c(=O)n(-c1ccc(C)cc1)c(=O)n2CC(=O)N[C@H](C)CC. The molecule has 0 fully saturated rings. The predicted molar refractivity (Wildman–Crippen MR) is 119 cm³/mol. The molecule has 7 nitrogen and oxygen atoms in total. The number of aryl methyl sites for hydroxylation is 1. The molecule has 154 valence electrons. The molecule has 1 N–H and O–H groups in total. The Bertz CT molecular complexity index is 1150. The lowest BCUT2D eigenvalue weighted by Gasteiger charge is -2.14. The van der Waals surface area contributed by atoms with Gasteiger partial charge in [0.15, 0.2) is 9.99 Å². The first kappa shape index (κ1) is 21.3. The minimum Gasteiger partial charge on any atom is -0.352 e. The minimum absolute atomic E-state index is 0.00154. The molecule has 0 aliphatic carbocycles. The van der Waals surface area contributed by atoms with E-state index < -0.39 is 11.2 Å². The third-order valence-corrected chi connectivity index (χ3v) is 6.60. The number of nitrogens with one attached hydrogen (secondary N) is 1. The van der Waals surface area contributed by atoms with Gasteiger partial charge in [-0.25, -0.2) is 14.3 Å². The third kappa shape index (κ3) is 4.45. The highest BCUT2D eigenvalue weighted by atomic mass is 32.2. The maximum absolute atomic E-state index is 13.3. The summed E-state index contributed by atoms with van der Waals surface area (Å²) in [4.78, 5) is 43.4. The fourth-order valence-electron chi connectivity index (χ4n) is 2.83. The fourth-order valence-corrected chi connectivity index (χ4v) is 4.80. The van der Waals surface area contributed by atoms with Crippen molar-refractivity contribution in [1.82, 2.24) is 19.4 Å². The number of aromatic nitrogens is 3. The number of thiazole rings is 1. The second-order valence-electron chi connectivity index (χ2n) is 6.79. The van der Waals surface area contributed by atoms with Crippen molar-refractivity contribution in [3.8, 4) is 5.69 Å². The molecule has 2 aromatic heterocycles. The van der Waals surface area contributed by atoms with Crippen LogP contribution in [-0.4, -0.2) is 31.8 Å². The molecule has 1 aromatic carbocycles. The summed E-state index contributed by atoms with van der Waals surface area (Å²) < 4.78 is 3.50. The number of nitrogens with zero attached hydrogens (tertiary/aromatic N) is 3. The summed E-state index contributed by atoms with van der Waals surface area (Å²) in [5.41, 5.74) is 0.790. The van der Waals surface area contributed by atoms with E-state index in [4.69, 9.17) is 0 Å². The Balaban J connectivity index is 2.21. The number of amides is 1. The quantitative estimate of drug-likeness (QED) is 0.580. The topological polar surface area (TPSA) is 86.0 Å². The molecule has 0 saturated heterocycles. The van der Waals surface area contributed by atoms with Crippen molar-refractivity contribution >= 4 is 39.4 Å². The van der Waals surface area contributed by atoms with Gasteiger partial charge in [0.05, 0.1) is 5.69 Å². The Morgan fingerprint density at radius 3 is 2.55 bits per heavy atom. The van der Waals surface area contributed by atoms with E-state index in [9.17, 15) is 14.4 Å². The molecule has 29 heavy (non-hydrogen) atoms. The number of thioether (sulfide) groups is 1. The van der Waals surface area contributed by atoms with E-state index in [-0.39, 0.29) is 24.1 Å². The highest BCUT2D eigenvalue weighted by molar-refractivity contribution is 8.01. The average Bonchev–Trinajstić information content (AvgIpc) is 3.11. The second kappa shape index (κ2) is 8.96. The number of hydrogen-bond acceptors (Lipinski definition) is 6. The van der Waals surface area contributed by atoms with Crippen LogP contribution in [0.5, 0.6) is 0 Å². The largest absolute Gasteiger partial charge is 0.352 e. The Morgan fingerprint density at radius 1 is 1.24 bits per heavy atom. The van der Waals surface area contributed by atoms with E-state index in [2.05, 4.69) is 10.3 Å². The van der Waals surface area contributed by atoms with Crippen LogP contribution >= 0.6 is 23.1 Å². The lowest BCUT2D eigenvalue weighted by molar-refractivity contribution is -0.122. The molecule has 0 unspecified atom stereocenters. The summed E-state index contributed by atoms with van der Waals surface area (Å²) in [6, 6.07) is 7.15. The van der Waals surface area contributed by atoms with Crippen molar-refractivity contribution in [3.05, 3.63) is 50.7 Å². The zero-order chi connectivity index (χ0) is 21.1. The van der Waals surface area contributed by atoms with Crippen molar-refractivity contribution < 1.29 is 4.79 Å². The van der Waals surface area contributed by atoms with Gasteiger partial charge in [-0.3, -0.25) is 14.2 Å². The van der Waals surface area contributed by atoms with Gasteiger partial charge in [-0.05, 0) is 38.2 Å². The third-order valence-electron chi connectivity index (χ3n) is 4.55. The van der Waals surface area contributed by atoms with Crippen LogP contribution in [-0.2, 0) is 11.3 Å². The lowest BCUT2D eigenvalue weighted by atomic mass is 10.2. The lowest BCUT2D eigenvalue weighted by Crippen LogP contribution is -2.43. The van der Waals surface area contributed by atoms with Crippen molar-refractivity contribution in [2.24, 2.45) is 0 Å². The molecule has 0 saturated carbocycles. The average molecular weight is 433 g/mol. The molecular formula is C20H24N4O3S2. The van der Waals surface area contributed by atoms with Crippen LogP contribution in [0.3, 0.4) is 0 Å². The van der Waals surface area contributed by atoms with Gasteiger partial charge in [-0.2, -0.15) is 0 Å². The summed E-state index contributed by atoms with van der Waals surface area (Å²) in [5, 5.41) is 2.87. The van der Waals surface area contributed by atoms with Gasteiger partial charge in [-0.1, -0.05) is 43.3 Å². The number of fused-ring (bicyclic) bond motifs is 1. The highest BCUT2D eigenvalue weighted by Gasteiger charge is 2.21. The van der Waals surface area contributed by atoms with Crippen LogP contribution in [0.25, 0.3) is 16.0 Å². The molecule has 0 aliphatic rings. The van der Waals surface area contributed by atoms with Gasteiger partial charge in [0, 0.05) is 6.04 Å². The number of rotatable bonds is 7. The summed E-state index contributed by atoms with van der Waals surface area (Å²) >= 11 is 2.76. The summed E-state index contributed by atoms with van der Waals surface area (Å²) in [6.45, 7) is 7.62. The standard InChI is InChI=1S/C20H24N4O3S2/c1-5-13(4)21-15(25)11-23-17-16(29-19(22-17)28-6-2)18(26)24(20(23)27)14-9-7-12(3)8-10-14/h7-10,13H,5-6,11H2,1-4H3,(H,21,25)/t13-/m1/s1. The zero-order valence-corrected chi connectivity index (χ0v) is 18.5. The van der Waals surface area contributed by atoms with Crippen LogP contribution in [0, 0.1) is 6.92 Å². The molecule has 9 heteroatoms. The van der Waals surface area contributed by atoms with Gasteiger partial charge < -0.3 is 5.32 Å². The highest BCUT2D eigenvalue weighted by Crippen LogP contribution is 2.27. The molecule has 1 amide bonds. The molecular weight excluding hydrogens is 408 g/mol. The van der Waals surface area contributed by atoms with Crippen molar-refractivity contribution in [2.45, 2.75) is 51.0 Å². The first-order valence-electron chi connectivity index (χ1n) is 9.51. The number of carbonyl (C=O) groups is 1. The fraction of sp³-hybridized carbons (Fsp3) is 0.400. The summed E-state index contributed by atoms with van der Waals surface area (Å²) in [6.07, 6.45) is 0.785. The van der Waals surface area contributed by atoms with Crippen molar-refractivity contribution in [2.75, 3.05) is 5.75 Å². The van der Waals surface area contributed by atoms with E-state index in [1.807, 2.05) is 39.8 Å². The van der Waals surface area contributed by atoms with Gasteiger partial charge in [0.1, 0.15) is 11.2 Å². The van der Waals surface area contributed by atoms with Gasteiger partial charge >= 0.3 is 5.69 Å².